The summed E-state index contributed by atoms with van der Waals surface area (Å²) >= 11 is 4.25. The first-order valence-electron chi connectivity index (χ1n) is 8.23. The molecule has 0 spiro atoms. The summed E-state index contributed by atoms with van der Waals surface area (Å²) in [4.78, 5) is 5.06. The lowest BCUT2D eigenvalue weighted by molar-refractivity contribution is 0.143. The van der Waals surface area contributed by atoms with Crippen molar-refractivity contribution in [3.63, 3.8) is 0 Å². The number of rotatable bonds is 10. The van der Waals surface area contributed by atoms with E-state index in [2.05, 4.69) is 36.5 Å². The Labute approximate surface area is 126 Å². The van der Waals surface area contributed by atoms with Gasteiger partial charge in [-0.15, -0.1) is 0 Å². The second-order valence-corrected chi connectivity index (χ2v) is 6.68. The summed E-state index contributed by atoms with van der Waals surface area (Å²) in [6.07, 6.45) is 12.5. The van der Waals surface area contributed by atoms with E-state index in [1.807, 2.05) is 0 Å². The smallest absolute Gasteiger partial charge is 0.0113 e. The van der Waals surface area contributed by atoms with Gasteiger partial charge in [-0.25, -0.2) is 0 Å². The van der Waals surface area contributed by atoms with Gasteiger partial charge >= 0.3 is 0 Å². The van der Waals surface area contributed by atoms with Crippen LogP contribution in [0.1, 0.15) is 57.8 Å². The highest BCUT2D eigenvalue weighted by Crippen LogP contribution is 2.15. The van der Waals surface area contributed by atoms with Crippen LogP contribution in [0.4, 0.5) is 0 Å². The molecule has 0 aromatic rings. The number of thiol groups is 1. The number of nitrogens with zero attached hydrogens (tertiary/aromatic N) is 2. The first kappa shape index (κ1) is 17.3. The summed E-state index contributed by atoms with van der Waals surface area (Å²) < 4.78 is 0. The SMILES string of the molecule is CN(C)C1CCN(CCCCCCCCCS)CC1. The molecule has 19 heavy (non-hydrogen) atoms. The Hall–Kier alpha value is 0.270. The van der Waals surface area contributed by atoms with Crippen LogP contribution in [0.25, 0.3) is 0 Å². The zero-order chi connectivity index (χ0) is 13.9. The Kier molecular flexibility index (Phi) is 10.0. The van der Waals surface area contributed by atoms with Crippen LogP contribution in [0, 0.1) is 0 Å². The molecule has 0 aromatic carbocycles. The quantitative estimate of drug-likeness (QED) is 0.483. The van der Waals surface area contributed by atoms with Gasteiger partial charge in [0.25, 0.3) is 0 Å². The number of hydrogen-bond donors (Lipinski definition) is 1. The molecule has 0 bridgehead atoms. The maximum absolute atomic E-state index is 4.25. The van der Waals surface area contributed by atoms with Crippen LogP contribution >= 0.6 is 12.6 Å². The third-order valence-corrected chi connectivity index (χ3v) is 4.74. The molecule has 1 aliphatic heterocycles. The molecule has 114 valence electrons. The Morgan fingerprint density at radius 2 is 1.42 bits per heavy atom. The molecule has 0 radical (unpaired) electrons. The lowest BCUT2D eigenvalue weighted by atomic mass is 10.0. The van der Waals surface area contributed by atoms with Crippen molar-refractivity contribution in [2.24, 2.45) is 0 Å². The van der Waals surface area contributed by atoms with Gasteiger partial charge in [-0.1, -0.05) is 32.1 Å². The summed E-state index contributed by atoms with van der Waals surface area (Å²) in [7, 11) is 4.43. The Bertz CT molecular complexity index is 201. The third-order valence-electron chi connectivity index (χ3n) is 4.42. The van der Waals surface area contributed by atoms with E-state index in [0.29, 0.717) is 0 Å². The van der Waals surface area contributed by atoms with Gasteiger partial charge in [0.05, 0.1) is 0 Å². The number of unbranched alkanes of at least 4 members (excludes halogenated alkanes) is 6. The van der Waals surface area contributed by atoms with Crippen molar-refractivity contribution in [3.05, 3.63) is 0 Å². The van der Waals surface area contributed by atoms with Crippen LogP contribution in [-0.2, 0) is 0 Å². The van der Waals surface area contributed by atoms with E-state index in [1.165, 1.54) is 77.4 Å². The summed E-state index contributed by atoms with van der Waals surface area (Å²) in [6.45, 7) is 3.95. The standard InChI is InChI=1S/C16H34N2S/c1-17(2)16-10-13-18(14-11-16)12-8-6-4-3-5-7-9-15-19/h16,19H,3-15H2,1-2H3. The van der Waals surface area contributed by atoms with Gasteiger partial charge < -0.3 is 9.80 Å². The second-order valence-electron chi connectivity index (χ2n) is 6.23. The minimum Gasteiger partial charge on any atom is -0.306 e. The minimum absolute atomic E-state index is 0.822. The maximum Gasteiger partial charge on any atom is 0.0113 e. The molecule has 0 atom stereocenters. The summed E-state index contributed by atoms with van der Waals surface area (Å²) in [5.74, 6) is 1.06. The number of hydrogen-bond acceptors (Lipinski definition) is 3. The largest absolute Gasteiger partial charge is 0.306 e. The molecule has 2 nitrogen and oxygen atoms in total. The highest BCUT2D eigenvalue weighted by molar-refractivity contribution is 7.80. The lowest BCUT2D eigenvalue weighted by Crippen LogP contribution is -2.42. The molecule has 1 rings (SSSR count). The average Bonchev–Trinajstić information content (AvgIpc) is 2.42. The normalized spacial score (nSPS) is 18.3. The van der Waals surface area contributed by atoms with Crippen LogP contribution in [0.15, 0.2) is 0 Å². The fourth-order valence-corrected chi connectivity index (χ4v) is 3.21. The Morgan fingerprint density at radius 3 is 1.95 bits per heavy atom. The van der Waals surface area contributed by atoms with Crippen molar-refractivity contribution >= 4 is 12.6 Å². The van der Waals surface area contributed by atoms with E-state index in [1.54, 1.807) is 0 Å². The predicted molar refractivity (Wildman–Crippen MR) is 89.3 cm³/mol. The highest BCUT2D eigenvalue weighted by atomic mass is 32.1. The lowest BCUT2D eigenvalue weighted by Gasteiger charge is -2.35. The molecular weight excluding hydrogens is 252 g/mol. The molecule has 0 unspecified atom stereocenters. The summed E-state index contributed by atoms with van der Waals surface area (Å²) in [5, 5.41) is 0. The van der Waals surface area contributed by atoms with Crippen LogP contribution in [0.5, 0.6) is 0 Å². The fourth-order valence-electron chi connectivity index (χ4n) is 2.99. The number of piperidine rings is 1. The van der Waals surface area contributed by atoms with Crippen molar-refractivity contribution in [1.82, 2.24) is 9.80 Å². The van der Waals surface area contributed by atoms with Crippen molar-refractivity contribution in [2.75, 3.05) is 39.5 Å². The zero-order valence-electron chi connectivity index (χ0n) is 13.1. The third kappa shape index (κ3) is 8.21. The fraction of sp³-hybridized carbons (Fsp3) is 1.00. The summed E-state index contributed by atoms with van der Waals surface area (Å²) in [6, 6.07) is 0.822. The van der Waals surface area contributed by atoms with Gasteiger partial charge in [-0.2, -0.15) is 12.6 Å². The molecular formula is C16H34N2S. The summed E-state index contributed by atoms with van der Waals surface area (Å²) in [5.41, 5.74) is 0. The molecule has 0 aliphatic carbocycles. The number of likely N-dealkylation sites (tertiary alicyclic amines) is 1. The molecule has 1 saturated heterocycles. The highest BCUT2D eigenvalue weighted by Gasteiger charge is 2.19. The van der Waals surface area contributed by atoms with Gasteiger partial charge in [0.15, 0.2) is 0 Å². The average molecular weight is 287 g/mol. The van der Waals surface area contributed by atoms with Gasteiger partial charge in [0.2, 0.25) is 0 Å². The first-order chi connectivity index (χ1) is 9.24. The van der Waals surface area contributed by atoms with Crippen LogP contribution in [-0.4, -0.2) is 55.3 Å². The second kappa shape index (κ2) is 11.0. The Balaban J connectivity index is 1.88. The zero-order valence-corrected chi connectivity index (χ0v) is 14.0. The molecule has 0 saturated carbocycles. The molecule has 3 heteroatoms. The van der Waals surface area contributed by atoms with Gasteiger partial charge in [0, 0.05) is 6.04 Å². The first-order valence-corrected chi connectivity index (χ1v) is 8.87. The van der Waals surface area contributed by atoms with Crippen LogP contribution in [0.2, 0.25) is 0 Å². The van der Waals surface area contributed by atoms with E-state index in [-0.39, 0.29) is 0 Å². The minimum atomic E-state index is 0.822. The molecule has 0 N–H and O–H groups in total. The van der Waals surface area contributed by atoms with E-state index in [0.717, 1.165) is 11.8 Å². The van der Waals surface area contributed by atoms with Gasteiger partial charge in [-0.3, -0.25) is 0 Å². The molecule has 1 heterocycles. The van der Waals surface area contributed by atoms with Crippen LogP contribution < -0.4 is 0 Å². The Morgan fingerprint density at radius 1 is 0.895 bits per heavy atom. The van der Waals surface area contributed by atoms with Gasteiger partial charge in [0.1, 0.15) is 0 Å². The topological polar surface area (TPSA) is 6.48 Å². The van der Waals surface area contributed by atoms with E-state index >= 15 is 0 Å². The molecule has 0 amide bonds. The van der Waals surface area contributed by atoms with E-state index in [4.69, 9.17) is 0 Å². The van der Waals surface area contributed by atoms with Crippen molar-refractivity contribution in [3.8, 4) is 0 Å². The van der Waals surface area contributed by atoms with E-state index in [9.17, 15) is 0 Å². The monoisotopic (exact) mass is 286 g/mol. The van der Waals surface area contributed by atoms with Crippen molar-refractivity contribution in [1.29, 1.82) is 0 Å². The molecule has 1 aliphatic rings. The van der Waals surface area contributed by atoms with E-state index < -0.39 is 0 Å². The predicted octanol–water partition coefficient (Wildman–Crippen LogP) is 3.67. The van der Waals surface area contributed by atoms with Crippen LogP contribution in [0.3, 0.4) is 0 Å². The van der Waals surface area contributed by atoms with Crippen molar-refractivity contribution < 1.29 is 0 Å². The molecule has 1 fully saturated rings. The molecule has 0 aromatic heterocycles. The maximum atomic E-state index is 4.25. The van der Waals surface area contributed by atoms with Gasteiger partial charge in [-0.05, 0) is 65.2 Å². The van der Waals surface area contributed by atoms with Crippen molar-refractivity contribution in [2.45, 2.75) is 63.8 Å².